The zero-order valence-electron chi connectivity index (χ0n) is 13.6. The Balaban J connectivity index is 1.75. The van der Waals surface area contributed by atoms with Crippen molar-refractivity contribution in [3.8, 4) is 0 Å². The lowest BCUT2D eigenvalue weighted by Gasteiger charge is -2.19. The van der Waals surface area contributed by atoms with Gasteiger partial charge in [0.2, 0.25) is 11.8 Å². The monoisotopic (exact) mass is 326 g/mol. The molecule has 0 unspecified atom stereocenters. The van der Waals surface area contributed by atoms with E-state index < -0.39 is 4.92 Å². The van der Waals surface area contributed by atoms with Crippen LogP contribution in [0.15, 0.2) is 35.4 Å². The third-order valence-electron chi connectivity index (χ3n) is 5.73. The van der Waals surface area contributed by atoms with Crippen LogP contribution >= 0.6 is 0 Å². The normalized spacial score (nSPS) is 30.9. The van der Waals surface area contributed by atoms with Gasteiger partial charge in [-0.1, -0.05) is 17.2 Å². The van der Waals surface area contributed by atoms with Crippen molar-refractivity contribution in [3.05, 3.63) is 45.5 Å². The van der Waals surface area contributed by atoms with Gasteiger partial charge in [-0.25, -0.2) is 4.90 Å². The summed E-state index contributed by atoms with van der Waals surface area (Å²) in [6.07, 6.45) is 1.91. The average Bonchev–Trinajstić information content (AvgIpc) is 3.17. The Morgan fingerprint density at radius 1 is 1.12 bits per heavy atom. The molecule has 6 heteroatoms. The summed E-state index contributed by atoms with van der Waals surface area (Å²) in [7, 11) is 0. The van der Waals surface area contributed by atoms with Crippen LogP contribution in [-0.2, 0) is 9.59 Å². The fraction of sp³-hybridized carbons (Fsp3) is 0.444. The van der Waals surface area contributed by atoms with Gasteiger partial charge in [0.1, 0.15) is 0 Å². The molecule has 0 aromatic heterocycles. The summed E-state index contributed by atoms with van der Waals surface area (Å²) >= 11 is 0. The number of anilines is 1. The molecular formula is C18H18N2O4. The lowest BCUT2D eigenvalue weighted by molar-refractivity contribution is -0.384. The number of rotatable bonds is 2. The van der Waals surface area contributed by atoms with Crippen LogP contribution in [0.25, 0.3) is 0 Å². The number of carbonyl (C=O) groups is 2. The summed E-state index contributed by atoms with van der Waals surface area (Å²) in [4.78, 5) is 37.5. The number of nitro benzene ring substituents is 1. The number of amides is 2. The van der Waals surface area contributed by atoms with Gasteiger partial charge in [-0.15, -0.1) is 0 Å². The molecule has 24 heavy (non-hydrogen) atoms. The van der Waals surface area contributed by atoms with E-state index in [1.54, 1.807) is 6.07 Å². The van der Waals surface area contributed by atoms with E-state index in [0.29, 0.717) is 5.69 Å². The summed E-state index contributed by atoms with van der Waals surface area (Å²) in [5.74, 6) is -0.663. The van der Waals surface area contributed by atoms with Crippen LogP contribution < -0.4 is 4.90 Å². The fourth-order valence-corrected chi connectivity index (χ4v) is 4.99. The average molecular weight is 326 g/mol. The predicted octanol–water partition coefficient (Wildman–Crippen LogP) is 3.08. The number of benzene rings is 1. The van der Waals surface area contributed by atoms with Gasteiger partial charge < -0.3 is 0 Å². The molecule has 2 aliphatic carbocycles. The van der Waals surface area contributed by atoms with Crippen LogP contribution in [-0.4, -0.2) is 16.7 Å². The first-order chi connectivity index (χ1) is 11.4. The van der Waals surface area contributed by atoms with Crippen LogP contribution in [0.2, 0.25) is 0 Å². The molecule has 3 aliphatic rings. The molecule has 124 valence electrons. The number of allylic oxidation sites excluding steroid dienone is 2. The van der Waals surface area contributed by atoms with Crippen LogP contribution in [0.1, 0.15) is 26.7 Å². The highest BCUT2D eigenvalue weighted by Crippen LogP contribution is 2.60. The van der Waals surface area contributed by atoms with Gasteiger partial charge in [-0.3, -0.25) is 19.7 Å². The van der Waals surface area contributed by atoms with E-state index in [0.717, 1.165) is 12.8 Å². The van der Waals surface area contributed by atoms with Crippen molar-refractivity contribution < 1.29 is 14.5 Å². The van der Waals surface area contributed by atoms with E-state index in [2.05, 4.69) is 13.8 Å². The number of hydrogen-bond donors (Lipinski definition) is 0. The first kappa shape index (κ1) is 15.1. The number of nitro groups is 1. The van der Waals surface area contributed by atoms with Gasteiger partial charge in [0.05, 0.1) is 22.4 Å². The van der Waals surface area contributed by atoms with Gasteiger partial charge in [0, 0.05) is 12.1 Å². The van der Waals surface area contributed by atoms with E-state index in [1.165, 1.54) is 34.2 Å². The first-order valence-electron chi connectivity index (χ1n) is 8.21. The summed E-state index contributed by atoms with van der Waals surface area (Å²) in [5, 5.41) is 11.0. The molecule has 6 nitrogen and oxygen atoms in total. The molecule has 1 aliphatic heterocycles. The van der Waals surface area contributed by atoms with Crippen molar-refractivity contribution in [2.24, 2.45) is 23.7 Å². The Morgan fingerprint density at radius 2 is 1.71 bits per heavy atom. The lowest BCUT2D eigenvalue weighted by atomic mass is 9.81. The Labute approximate surface area is 139 Å². The molecule has 4 rings (SSSR count). The largest absolute Gasteiger partial charge is 0.274 e. The maximum Gasteiger partial charge on any atom is 0.271 e. The molecule has 2 amide bonds. The second-order valence-corrected chi connectivity index (χ2v) is 7.09. The van der Waals surface area contributed by atoms with Crippen molar-refractivity contribution in [2.45, 2.75) is 26.7 Å². The molecule has 1 aromatic carbocycles. The number of imide groups is 1. The minimum absolute atomic E-state index is 0.113. The van der Waals surface area contributed by atoms with Crippen molar-refractivity contribution >= 4 is 23.2 Å². The standard InChI is InChI=1S/C18H18N2O4/c1-9(2)14-12-6-7-13(14)16-15(12)17(21)19(18(16)22)10-4-3-5-11(8-10)20(23)24/h3-5,8,12-13,15-16H,6-7H2,1-2H3/t12-,13-,15-,16-/m1/s1. The second kappa shape index (κ2) is 5.00. The Bertz CT molecular complexity index is 777. The zero-order valence-corrected chi connectivity index (χ0v) is 13.6. The van der Waals surface area contributed by atoms with Gasteiger partial charge >= 0.3 is 0 Å². The second-order valence-electron chi connectivity index (χ2n) is 7.09. The number of carbonyl (C=O) groups excluding carboxylic acids is 2. The molecule has 0 radical (unpaired) electrons. The molecule has 1 heterocycles. The minimum Gasteiger partial charge on any atom is -0.274 e. The first-order valence-corrected chi connectivity index (χ1v) is 8.21. The number of non-ortho nitro benzene ring substituents is 1. The summed E-state index contributed by atoms with van der Waals surface area (Å²) in [5.41, 5.74) is 2.72. The smallest absolute Gasteiger partial charge is 0.271 e. The third-order valence-corrected chi connectivity index (χ3v) is 5.73. The maximum absolute atomic E-state index is 12.9. The Hall–Kier alpha value is -2.50. The van der Waals surface area contributed by atoms with Crippen molar-refractivity contribution in [1.82, 2.24) is 0 Å². The molecular weight excluding hydrogens is 308 g/mol. The minimum atomic E-state index is -0.514. The van der Waals surface area contributed by atoms with E-state index in [9.17, 15) is 19.7 Å². The highest BCUT2D eigenvalue weighted by molar-refractivity contribution is 6.23. The third kappa shape index (κ3) is 1.82. The molecule has 4 atom stereocenters. The van der Waals surface area contributed by atoms with E-state index in [-0.39, 0.29) is 41.2 Å². The zero-order chi connectivity index (χ0) is 17.2. The summed E-state index contributed by atoms with van der Waals surface area (Å²) < 4.78 is 0. The van der Waals surface area contributed by atoms with Crippen LogP contribution in [0, 0.1) is 33.8 Å². The van der Waals surface area contributed by atoms with E-state index in [1.807, 2.05) is 0 Å². The van der Waals surface area contributed by atoms with E-state index in [4.69, 9.17) is 0 Å². The molecule has 3 fully saturated rings. The molecule has 1 saturated heterocycles. The maximum atomic E-state index is 12.9. The molecule has 2 saturated carbocycles. The topological polar surface area (TPSA) is 80.5 Å². The van der Waals surface area contributed by atoms with Gasteiger partial charge in [0.15, 0.2) is 0 Å². The highest BCUT2D eigenvalue weighted by atomic mass is 16.6. The van der Waals surface area contributed by atoms with Crippen molar-refractivity contribution in [1.29, 1.82) is 0 Å². The number of nitrogens with zero attached hydrogens (tertiary/aromatic N) is 2. The van der Waals surface area contributed by atoms with Crippen LogP contribution in [0.3, 0.4) is 0 Å². The van der Waals surface area contributed by atoms with Crippen molar-refractivity contribution in [3.63, 3.8) is 0 Å². The molecule has 0 N–H and O–H groups in total. The molecule has 0 spiro atoms. The predicted molar refractivity (Wildman–Crippen MR) is 87.2 cm³/mol. The fourth-order valence-electron chi connectivity index (χ4n) is 4.99. The van der Waals surface area contributed by atoms with Gasteiger partial charge in [-0.2, -0.15) is 0 Å². The molecule has 2 bridgehead atoms. The Morgan fingerprint density at radius 3 is 2.21 bits per heavy atom. The number of fused-ring (bicyclic) bond motifs is 5. The molecule has 1 aromatic rings. The summed E-state index contributed by atoms with van der Waals surface area (Å²) in [6.45, 7) is 4.10. The van der Waals surface area contributed by atoms with Gasteiger partial charge in [0.25, 0.3) is 5.69 Å². The lowest BCUT2D eigenvalue weighted by Crippen LogP contribution is -2.33. The van der Waals surface area contributed by atoms with Gasteiger partial charge in [-0.05, 0) is 44.6 Å². The summed E-state index contributed by atoms with van der Waals surface area (Å²) in [6, 6.07) is 5.77. The highest BCUT2D eigenvalue weighted by Gasteiger charge is 2.63. The SMILES string of the molecule is CC(C)=C1[C@H]2CC[C@H]1[C@H]1C(=O)N(c3cccc([N+](=O)[O-])c3)C(=O)[C@@H]12. The van der Waals surface area contributed by atoms with E-state index >= 15 is 0 Å². The quantitative estimate of drug-likeness (QED) is 0.362. The van der Waals surface area contributed by atoms with Crippen LogP contribution in [0.4, 0.5) is 11.4 Å². The Kier molecular flexibility index (Phi) is 3.13. The van der Waals surface area contributed by atoms with Crippen LogP contribution in [0.5, 0.6) is 0 Å². The number of hydrogen-bond acceptors (Lipinski definition) is 4. The van der Waals surface area contributed by atoms with Crippen molar-refractivity contribution in [2.75, 3.05) is 4.90 Å².